The summed E-state index contributed by atoms with van der Waals surface area (Å²) in [6, 6.07) is 2.51. The lowest BCUT2D eigenvalue weighted by molar-refractivity contribution is 0.0972. The Balaban J connectivity index is 1.79. The molecule has 3 rings (SSSR count). The maximum Gasteiger partial charge on any atom is 0.178 e. The molecule has 2 heterocycles. The summed E-state index contributed by atoms with van der Waals surface area (Å²) >= 11 is 1.36. The third-order valence-electron chi connectivity index (χ3n) is 4.28. The molecule has 0 amide bonds. The number of nitrogens with zero attached hydrogens (tertiary/aromatic N) is 2. The highest BCUT2D eigenvalue weighted by molar-refractivity contribution is 7.19. The SMILES string of the molecule is CN1CCC(Nc2sc(C(=O)C3CC3)c(N)c2C#N)CC1. The van der Waals surface area contributed by atoms with Gasteiger partial charge in [-0.05, 0) is 45.8 Å². The molecule has 1 aromatic rings. The van der Waals surface area contributed by atoms with Crippen LogP contribution in [-0.4, -0.2) is 36.9 Å². The number of anilines is 2. The van der Waals surface area contributed by atoms with Gasteiger partial charge >= 0.3 is 0 Å². The Kier molecular flexibility index (Phi) is 3.87. The van der Waals surface area contributed by atoms with Crippen molar-refractivity contribution in [2.45, 2.75) is 31.7 Å². The number of ketones is 1. The molecule has 1 saturated carbocycles. The van der Waals surface area contributed by atoms with E-state index in [9.17, 15) is 10.1 Å². The molecular weight excluding hydrogens is 284 g/mol. The van der Waals surface area contributed by atoms with Gasteiger partial charge in [-0.1, -0.05) is 0 Å². The summed E-state index contributed by atoms with van der Waals surface area (Å²) in [5.74, 6) is 0.249. The molecule has 0 radical (unpaired) electrons. The van der Waals surface area contributed by atoms with Crippen molar-refractivity contribution in [1.29, 1.82) is 5.26 Å². The smallest absolute Gasteiger partial charge is 0.178 e. The van der Waals surface area contributed by atoms with Crippen molar-refractivity contribution >= 4 is 27.8 Å². The van der Waals surface area contributed by atoms with Gasteiger partial charge in [-0.25, -0.2) is 0 Å². The normalized spacial score (nSPS) is 20.2. The highest BCUT2D eigenvalue weighted by Gasteiger charge is 2.34. The summed E-state index contributed by atoms with van der Waals surface area (Å²) in [5, 5.41) is 13.5. The summed E-state index contributed by atoms with van der Waals surface area (Å²) in [6.45, 7) is 2.10. The lowest BCUT2D eigenvalue weighted by atomic mass is 10.1. The van der Waals surface area contributed by atoms with E-state index in [4.69, 9.17) is 5.73 Å². The van der Waals surface area contributed by atoms with Gasteiger partial charge in [-0.2, -0.15) is 5.26 Å². The van der Waals surface area contributed by atoms with Gasteiger partial charge in [0, 0.05) is 12.0 Å². The highest BCUT2D eigenvalue weighted by Crippen LogP contribution is 2.41. The first-order chi connectivity index (χ1) is 10.1. The van der Waals surface area contributed by atoms with E-state index < -0.39 is 0 Å². The maximum atomic E-state index is 12.2. The van der Waals surface area contributed by atoms with Crippen LogP contribution < -0.4 is 11.1 Å². The molecule has 0 aromatic carbocycles. The largest absolute Gasteiger partial charge is 0.396 e. The second kappa shape index (κ2) is 5.66. The van der Waals surface area contributed by atoms with Crippen molar-refractivity contribution in [3.05, 3.63) is 10.4 Å². The molecule has 0 atom stereocenters. The number of carbonyl (C=O) groups is 1. The molecule has 2 fully saturated rings. The summed E-state index contributed by atoms with van der Waals surface area (Å²) in [5.41, 5.74) is 6.84. The number of carbonyl (C=O) groups excluding carboxylic acids is 1. The van der Waals surface area contributed by atoms with Gasteiger partial charge in [-0.15, -0.1) is 11.3 Å². The Morgan fingerprint density at radius 2 is 2.05 bits per heavy atom. The number of piperidine rings is 1. The summed E-state index contributed by atoms with van der Waals surface area (Å²) in [4.78, 5) is 15.1. The van der Waals surface area contributed by atoms with Crippen molar-refractivity contribution in [3.8, 4) is 6.07 Å². The average molecular weight is 304 g/mol. The zero-order chi connectivity index (χ0) is 15.0. The van der Waals surface area contributed by atoms with Crippen molar-refractivity contribution < 1.29 is 4.79 Å². The number of nitrogen functional groups attached to an aromatic ring is 1. The fraction of sp³-hybridized carbons (Fsp3) is 0.600. The monoisotopic (exact) mass is 304 g/mol. The molecule has 1 aliphatic carbocycles. The molecule has 6 heteroatoms. The Labute approximate surface area is 128 Å². The minimum Gasteiger partial charge on any atom is -0.396 e. The molecule has 112 valence electrons. The maximum absolute atomic E-state index is 12.2. The summed E-state index contributed by atoms with van der Waals surface area (Å²) in [7, 11) is 2.12. The number of nitrogens with one attached hydrogen (secondary N) is 1. The van der Waals surface area contributed by atoms with Gasteiger partial charge in [0.15, 0.2) is 5.78 Å². The Bertz CT molecular complexity index is 592. The van der Waals surface area contributed by atoms with Crippen LogP contribution in [0.25, 0.3) is 0 Å². The first kappa shape index (κ1) is 14.4. The third kappa shape index (κ3) is 2.89. The Hall–Kier alpha value is -1.58. The fourth-order valence-electron chi connectivity index (χ4n) is 2.71. The van der Waals surface area contributed by atoms with E-state index in [2.05, 4.69) is 23.3 Å². The second-order valence-corrected chi connectivity index (χ2v) is 7.04. The number of nitrogens with two attached hydrogens (primary N) is 1. The van der Waals surface area contributed by atoms with Crippen LogP contribution in [0.2, 0.25) is 0 Å². The van der Waals surface area contributed by atoms with Crippen molar-refractivity contribution in [1.82, 2.24) is 4.90 Å². The van der Waals surface area contributed by atoms with Crippen molar-refractivity contribution in [3.63, 3.8) is 0 Å². The van der Waals surface area contributed by atoms with Crippen LogP contribution in [0, 0.1) is 17.2 Å². The third-order valence-corrected chi connectivity index (χ3v) is 5.43. The van der Waals surface area contributed by atoms with Crippen LogP contribution in [-0.2, 0) is 0 Å². The number of likely N-dealkylation sites (tertiary alicyclic amines) is 1. The molecule has 5 nitrogen and oxygen atoms in total. The summed E-state index contributed by atoms with van der Waals surface area (Å²) < 4.78 is 0. The molecule has 1 aliphatic heterocycles. The zero-order valence-corrected chi connectivity index (χ0v) is 13.0. The number of hydrogen-bond donors (Lipinski definition) is 2. The highest BCUT2D eigenvalue weighted by atomic mass is 32.1. The van der Waals surface area contributed by atoms with E-state index in [1.165, 1.54) is 11.3 Å². The van der Waals surface area contributed by atoms with Crippen LogP contribution >= 0.6 is 11.3 Å². The predicted octanol–water partition coefficient (Wildman–Crippen LogP) is 2.30. The van der Waals surface area contributed by atoms with E-state index in [1.54, 1.807) is 0 Å². The number of Topliss-reactive ketones (excluding diaryl/α,β-unsaturated/α-hetero) is 1. The number of hydrogen-bond acceptors (Lipinski definition) is 6. The van der Waals surface area contributed by atoms with Gasteiger partial charge in [0.05, 0.1) is 10.6 Å². The van der Waals surface area contributed by atoms with E-state index in [1.807, 2.05) is 0 Å². The number of nitriles is 1. The quantitative estimate of drug-likeness (QED) is 0.834. The van der Waals surface area contributed by atoms with Crippen LogP contribution in [0.1, 0.15) is 40.9 Å². The minimum atomic E-state index is 0.116. The minimum absolute atomic E-state index is 0.116. The van der Waals surface area contributed by atoms with Crippen molar-refractivity contribution in [2.24, 2.45) is 5.92 Å². The zero-order valence-electron chi connectivity index (χ0n) is 12.2. The van der Waals surface area contributed by atoms with Gasteiger partial charge in [0.25, 0.3) is 0 Å². The average Bonchev–Trinajstić information content (AvgIpc) is 3.27. The van der Waals surface area contributed by atoms with Crippen molar-refractivity contribution in [2.75, 3.05) is 31.2 Å². The molecule has 0 spiro atoms. The summed E-state index contributed by atoms with van der Waals surface area (Å²) in [6.07, 6.45) is 4.00. The van der Waals surface area contributed by atoms with Crippen LogP contribution in [0.4, 0.5) is 10.7 Å². The van der Waals surface area contributed by atoms with E-state index in [0.717, 1.165) is 43.8 Å². The predicted molar refractivity (Wildman–Crippen MR) is 84.6 cm³/mol. The van der Waals surface area contributed by atoms with Crippen LogP contribution in [0.15, 0.2) is 0 Å². The van der Waals surface area contributed by atoms with E-state index in [-0.39, 0.29) is 11.7 Å². The fourth-order valence-corrected chi connectivity index (χ4v) is 3.88. The van der Waals surface area contributed by atoms with Gasteiger partial charge < -0.3 is 16.0 Å². The first-order valence-electron chi connectivity index (χ1n) is 7.41. The van der Waals surface area contributed by atoms with Gasteiger partial charge in [0.2, 0.25) is 0 Å². The Morgan fingerprint density at radius 1 is 1.38 bits per heavy atom. The lowest BCUT2D eigenvalue weighted by Gasteiger charge is -2.29. The Morgan fingerprint density at radius 3 is 2.62 bits per heavy atom. The topological polar surface area (TPSA) is 82.2 Å². The van der Waals surface area contributed by atoms with Crippen LogP contribution in [0.3, 0.4) is 0 Å². The first-order valence-corrected chi connectivity index (χ1v) is 8.23. The van der Waals surface area contributed by atoms with Crippen LogP contribution in [0.5, 0.6) is 0 Å². The molecule has 1 saturated heterocycles. The molecule has 2 aliphatic rings. The standard InChI is InChI=1S/C15H20N4OS/c1-19-6-4-10(5-7-19)18-15-11(8-16)12(17)14(21-15)13(20)9-2-3-9/h9-10,18H,2-7,17H2,1H3. The molecule has 0 unspecified atom stereocenters. The molecule has 0 bridgehead atoms. The lowest BCUT2D eigenvalue weighted by Crippen LogP contribution is -2.36. The molecule has 3 N–H and O–H groups in total. The second-order valence-electron chi connectivity index (χ2n) is 6.02. The number of rotatable bonds is 4. The molecular formula is C15H20N4OS. The molecule has 21 heavy (non-hydrogen) atoms. The number of thiophene rings is 1. The molecule has 1 aromatic heterocycles. The van der Waals surface area contributed by atoms with E-state index in [0.29, 0.717) is 22.2 Å². The van der Waals surface area contributed by atoms with E-state index >= 15 is 0 Å². The van der Waals surface area contributed by atoms with Gasteiger partial charge in [-0.3, -0.25) is 4.79 Å². The van der Waals surface area contributed by atoms with Gasteiger partial charge in [0.1, 0.15) is 16.6 Å².